The predicted molar refractivity (Wildman–Crippen MR) is 87.1 cm³/mol. The molecule has 6 nitrogen and oxygen atoms in total. The van der Waals surface area contributed by atoms with Gasteiger partial charge in [0.15, 0.2) is 11.5 Å². The summed E-state index contributed by atoms with van der Waals surface area (Å²) in [7, 11) is 3.06. The van der Waals surface area contributed by atoms with Gasteiger partial charge in [0.25, 0.3) is 0 Å². The van der Waals surface area contributed by atoms with Crippen molar-refractivity contribution in [2.45, 2.75) is 6.42 Å². The quantitative estimate of drug-likeness (QED) is 0.632. The fourth-order valence-corrected chi connectivity index (χ4v) is 1.92. The second-order valence-corrected chi connectivity index (χ2v) is 4.75. The van der Waals surface area contributed by atoms with Crippen LogP contribution < -0.4 is 14.9 Å². The van der Waals surface area contributed by atoms with E-state index >= 15 is 0 Å². The number of methoxy groups -OCH3 is 2. The molecule has 0 bridgehead atoms. The van der Waals surface area contributed by atoms with Crippen molar-refractivity contribution in [3.05, 3.63) is 53.6 Å². The highest BCUT2D eigenvalue weighted by Gasteiger charge is 2.03. The number of ether oxygens (including phenoxy) is 2. The first-order chi connectivity index (χ1) is 11.1. The topological polar surface area (TPSA) is 80.2 Å². The van der Waals surface area contributed by atoms with E-state index in [0.717, 1.165) is 11.3 Å². The number of aromatic hydroxyl groups is 1. The van der Waals surface area contributed by atoms with E-state index in [0.29, 0.717) is 11.3 Å². The highest BCUT2D eigenvalue weighted by molar-refractivity contribution is 5.84. The summed E-state index contributed by atoms with van der Waals surface area (Å²) in [6.07, 6.45) is 1.70. The van der Waals surface area contributed by atoms with Crippen molar-refractivity contribution in [2.24, 2.45) is 5.10 Å². The van der Waals surface area contributed by atoms with Gasteiger partial charge in [0.2, 0.25) is 5.91 Å². The van der Waals surface area contributed by atoms with Crippen LogP contribution in [0, 0.1) is 0 Å². The molecule has 6 heteroatoms. The lowest BCUT2D eigenvalue weighted by atomic mass is 10.1. The molecule has 0 unspecified atom stereocenters. The number of amides is 1. The standard InChI is InChI=1S/C17H18N2O4/c1-22-14-6-3-12(4-7-14)10-17(21)19-18-11-13-5-8-15(20)16(9-13)23-2/h3-9,11,20H,10H2,1-2H3,(H,19,21)/b18-11+. The summed E-state index contributed by atoms with van der Waals surface area (Å²) in [4.78, 5) is 11.8. The zero-order valence-corrected chi connectivity index (χ0v) is 12.9. The Morgan fingerprint density at radius 2 is 1.91 bits per heavy atom. The lowest BCUT2D eigenvalue weighted by molar-refractivity contribution is -0.120. The summed E-state index contributed by atoms with van der Waals surface area (Å²) in [6, 6.07) is 12.0. The Kier molecular flexibility index (Phi) is 5.57. The zero-order valence-electron chi connectivity index (χ0n) is 12.9. The molecule has 0 atom stereocenters. The molecule has 120 valence electrons. The molecule has 1 amide bonds. The van der Waals surface area contributed by atoms with Crippen LogP contribution in [0.2, 0.25) is 0 Å². The molecule has 0 saturated carbocycles. The number of carbonyl (C=O) groups is 1. The van der Waals surface area contributed by atoms with Crippen LogP contribution in [-0.4, -0.2) is 31.4 Å². The summed E-state index contributed by atoms with van der Waals surface area (Å²) < 4.78 is 10.1. The Balaban J connectivity index is 1.90. The molecule has 2 rings (SSSR count). The summed E-state index contributed by atoms with van der Waals surface area (Å²) in [5.74, 6) is 0.914. The number of hydrogen-bond acceptors (Lipinski definition) is 5. The van der Waals surface area contributed by atoms with Gasteiger partial charge in [-0.3, -0.25) is 4.79 Å². The fourth-order valence-electron chi connectivity index (χ4n) is 1.92. The Morgan fingerprint density at radius 1 is 1.17 bits per heavy atom. The number of carbonyl (C=O) groups excluding carboxylic acids is 1. The predicted octanol–water partition coefficient (Wildman–Crippen LogP) is 2.10. The van der Waals surface area contributed by atoms with Gasteiger partial charge >= 0.3 is 0 Å². The molecule has 0 aliphatic heterocycles. The first-order valence-electron chi connectivity index (χ1n) is 6.94. The maximum Gasteiger partial charge on any atom is 0.244 e. The van der Waals surface area contributed by atoms with Crippen LogP contribution in [-0.2, 0) is 11.2 Å². The number of hydrogen-bond donors (Lipinski definition) is 2. The van der Waals surface area contributed by atoms with Gasteiger partial charge in [0.05, 0.1) is 26.9 Å². The molecule has 2 aromatic rings. The van der Waals surface area contributed by atoms with E-state index in [9.17, 15) is 9.90 Å². The number of phenolic OH excluding ortho intramolecular Hbond substituents is 1. The lowest BCUT2D eigenvalue weighted by Gasteiger charge is -2.04. The minimum Gasteiger partial charge on any atom is -0.504 e. The first-order valence-corrected chi connectivity index (χ1v) is 6.94. The van der Waals surface area contributed by atoms with E-state index in [1.807, 2.05) is 12.1 Å². The van der Waals surface area contributed by atoms with Crippen LogP contribution in [0.4, 0.5) is 0 Å². The van der Waals surface area contributed by atoms with E-state index < -0.39 is 0 Å². The summed E-state index contributed by atoms with van der Waals surface area (Å²) in [6.45, 7) is 0. The van der Waals surface area contributed by atoms with Gasteiger partial charge in [0, 0.05) is 0 Å². The second kappa shape index (κ2) is 7.84. The molecule has 2 aromatic carbocycles. The minimum atomic E-state index is -0.225. The molecule has 0 spiro atoms. The van der Waals surface area contributed by atoms with Gasteiger partial charge in [-0.15, -0.1) is 0 Å². The number of benzene rings is 2. The van der Waals surface area contributed by atoms with E-state index in [2.05, 4.69) is 10.5 Å². The normalized spacial score (nSPS) is 10.5. The van der Waals surface area contributed by atoms with Crippen molar-refractivity contribution in [3.8, 4) is 17.2 Å². The van der Waals surface area contributed by atoms with E-state index in [1.165, 1.54) is 19.4 Å². The van der Waals surface area contributed by atoms with Gasteiger partial charge < -0.3 is 14.6 Å². The average molecular weight is 314 g/mol. The van der Waals surface area contributed by atoms with Gasteiger partial charge in [0.1, 0.15) is 5.75 Å². The largest absolute Gasteiger partial charge is 0.504 e. The Bertz CT molecular complexity index is 696. The average Bonchev–Trinajstić information content (AvgIpc) is 2.57. The second-order valence-electron chi connectivity index (χ2n) is 4.75. The van der Waals surface area contributed by atoms with E-state index in [-0.39, 0.29) is 18.1 Å². The van der Waals surface area contributed by atoms with E-state index in [1.54, 1.807) is 31.4 Å². The third kappa shape index (κ3) is 4.74. The maximum atomic E-state index is 11.8. The molecule has 0 radical (unpaired) electrons. The Labute approximate surface area is 134 Å². The maximum absolute atomic E-state index is 11.8. The van der Waals surface area contributed by atoms with Crippen LogP contribution in [0.1, 0.15) is 11.1 Å². The monoisotopic (exact) mass is 314 g/mol. The molecule has 0 fully saturated rings. The molecule has 0 aromatic heterocycles. The lowest BCUT2D eigenvalue weighted by Crippen LogP contribution is -2.19. The SMILES string of the molecule is COc1ccc(CC(=O)N/N=C/c2ccc(O)c(OC)c2)cc1. The molecular weight excluding hydrogens is 296 g/mol. The number of rotatable bonds is 6. The number of nitrogens with zero attached hydrogens (tertiary/aromatic N) is 1. The summed E-state index contributed by atoms with van der Waals surface area (Å²) >= 11 is 0. The van der Waals surface area contributed by atoms with Crippen molar-refractivity contribution in [1.82, 2.24) is 5.43 Å². The summed E-state index contributed by atoms with van der Waals surface area (Å²) in [5, 5.41) is 13.4. The van der Waals surface area contributed by atoms with E-state index in [4.69, 9.17) is 9.47 Å². The third-order valence-electron chi connectivity index (χ3n) is 3.13. The van der Waals surface area contributed by atoms with Gasteiger partial charge in [-0.1, -0.05) is 12.1 Å². The highest BCUT2D eigenvalue weighted by Crippen LogP contribution is 2.25. The van der Waals surface area contributed by atoms with Crippen molar-refractivity contribution in [1.29, 1.82) is 0 Å². The van der Waals surface area contributed by atoms with Crippen LogP contribution in [0.25, 0.3) is 0 Å². The van der Waals surface area contributed by atoms with Crippen molar-refractivity contribution in [3.63, 3.8) is 0 Å². The Morgan fingerprint density at radius 3 is 2.57 bits per heavy atom. The molecule has 0 aliphatic carbocycles. The number of nitrogens with one attached hydrogen (secondary N) is 1. The van der Waals surface area contributed by atoms with Crippen LogP contribution >= 0.6 is 0 Å². The smallest absolute Gasteiger partial charge is 0.244 e. The first kappa shape index (κ1) is 16.4. The fraction of sp³-hybridized carbons (Fsp3) is 0.176. The van der Waals surface area contributed by atoms with Gasteiger partial charge in [-0.25, -0.2) is 5.43 Å². The molecule has 0 saturated heterocycles. The molecule has 0 aliphatic rings. The van der Waals surface area contributed by atoms with Crippen molar-refractivity contribution in [2.75, 3.05) is 14.2 Å². The molecular formula is C17H18N2O4. The van der Waals surface area contributed by atoms with Crippen LogP contribution in [0.15, 0.2) is 47.6 Å². The summed E-state index contributed by atoms with van der Waals surface area (Å²) in [5.41, 5.74) is 4.02. The molecule has 23 heavy (non-hydrogen) atoms. The number of hydrazone groups is 1. The Hall–Kier alpha value is -3.02. The van der Waals surface area contributed by atoms with Gasteiger partial charge in [-0.2, -0.15) is 5.10 Å². The van der Waals surface area contributed by atoms with Crippen molar-refractivity contribution < 1.29 is 19.4 Å². The number of phenols is 1. The van der Waals surface area contributed by atoms with Crippen LogP contribution in [0.5, 0.6) is 17.2 Å². The molecule has 0 heterocycles. The van der Waals surface area contributed by atoms with Crippen molar-refractivity contribution >= 4 is 12.1 Å². The molecule has 2 N–H and O–H groups in total. The third-order valence-corrected chi connectivity index (χ3v) is 3.13. The zero-order chi connectivity index (χ0) is 16.7. The van der Waals surface area contributed by atoms with Gasteiger partial charge in [-0.05, 0) is 41.5 Å². The van der Waals surface area contributed by atoms with Crippen LogP contribution in [0.3, 0.4) is 0 Å². The highest BCUT2D eigenvalue weighted by atomic mass is 16.5. The minimum absolute atomic E-state index is 0.0493.